The molecule has 0 aromatic carbocycles. The number of amides is 1. The number of pyridine rings is 1. The van der Waals surface area contributed by atoms with Crippen LogP contribution in [-0.4, -0.2) is 39.3 Å². The molecule has 1 amide bonds. The molecule has 2 fully saturated rings. The van der Waals surface area contributed by atoms with Crippen LogP contribution >= 0.6 is 24.0 Å². The predicted molar refractivity (Wildman–Crippen MR) is 154 cm³/mol. The third-order valence-electron chi connectivity index (χ3n) is 7.10. The monoisotopic (exact) mass is 528 g/mol. The smallest absolute Gasteiger partial charge is 0.270 e. The molecule has 1 aromatic heterocycles. The van der Waals surface area contributed by atoms with Gasteiger partial charge in [0.2, 0.25) is 0 Å². The van der Waals surface area contributed by atoms with E-state index in [4.69, 9.17) is 12.2 Å². The van der Waals surface area contributed by atoms with Crippen LogP contribution in [0.3, 0.4) is 0 Å². The van der Waals surface area contributed by atoms with Crippen molar-refractivity contribution in [3.8, 4) is 6.07 Å². The second-order valence-electron chi connectivity index (χ2n) is 10.4. The van der Waals surface area contributed by atoms with E-state index in [-0.39, 0.29) is 17.0 Å². The van der Waals surface area contributed by atoms with Crippen LogP contribution in [0.5, 0.6) is 0 Å². The second-order valence-corrected chi connectivity index (χ2v) is 12.1. The van der Waals surface area contributed by atoms with E-state index < -0.39 is 0 Å². The molecule has 196 valence electrons. The van der Waals surface area contributed by atoms with E-state index in [1.807, 2.05) is 19.9 Å². The van der Waals surface area contributed by atoms with Crippen LogP contribution in [0.1, 0.15) is 89.3 Å². The highest BCUT2D eigenvalue weighted by Crippen LogP contribution is 2.37. The topological polar surface area (TPSA) is 69.3 Å². The van der Waals surface area contributed by atoms with Crippen molar-refractivity contribution < 1.29 is 4.79 Å². The van der Waals surface area contributed by atoms with E-state index in [1.165, 1.54) is 31.0 Å². The van der Waals surface area contributed by atoms with Crippen molar-refractivity contribution in [1.82, 2.24) is 9.47 Å². The molecule has 0 bridgehead atoms. The molecule has 36 heavy (non-hydrogen) atoms. The molecule has 3 heterocycles. The highest BCUT2D eigenvalue weighted by molar-refractivity contribution is 8.26. The molecule has 2 atom stereocenters. The van der Waals surface area contributed by atoms with Crippen molar-refractivity contribution in [2.75, 3.05) is 24.5 Å². The third kappa shape index (κ3) is 6.23. The number of nitrogens with zero attached hydrogens (tertiary/aromatic N) is 4. The van der Waals surface area contributed by atoms with Gasteiger partial charge in [0.1, 0.15) is 21.8 Å². The Hall–Kier alpha value is -2.11. The summed E-state index contributed by atoms with van der Waals surface area (Å²) in [5.74, 6) is 1.75. The maximum Gasteiger partial charge on any atom is 0.270 e. The Morgan fingerprint density at radius 1 is 1.06 bits per heavy atom. The van der Waals surface area contributed by atoms with Gasteiger partial charge in [-0.1, -0.05) is 77.4 Å². The van der Waals surface area contributed by atoms with Gasteiger partial charge in [-0.25, -0.2) is 0 Å². The molecule has 2 unspecified atom stereocenters. The maximum absolute atomic E-state index is 13.4. The zero-order valence-electron chi connectivity index (χ0n) is 22.4. The summed E-state index contributed by atoms with van der Waals surface area (Å²) in [5, 5.41) is 9.86. The Balaban J connectivity index is 2.06. The lowest BCUT2D eigenvalue weighted by atomic mass is 9.91. The second kappa shape index (κ2) is 12.9. The summed E-state index contributed by atoms with van der Waals surface area (Å²) < 4.78 is 2.35. The molecule has 1 aromatic rings. The number of carbonyl (C=O) groups excluding carboxylic acids is 1. The average molecular weight is 529 g/mol. The number of hydrogen-bond donors (Lipinski definition) is 0. The zero-order chi connectivity index (χ0) is 26.4. The van der Waals surface area contributed by atoms with Crippen LogP contribution in [0.2, 0.25) is 0 Å². The van der Waals surface area contributed by atoms with Gasteiger partial charge in [0, 0.05) is 31.7 Å². The minimum Gasteiger partial charge on any atom is -0.357 e. The van der Waals surface area contributed by atoms with Crippen LogP contribution in [0.15, 0.2) is 9.70 Å². The third-order valence-corrected chi connectivity index (χ3v) is 8.47. The SMILES string of the molecule is CCCCCCCN1C(=O)/C(=C\c2c(C)c(C#N)c(=O)n(CCC)c2N2CC(C)CC(C)C2)SC1=S. The molecule has 2 saturated heterocycles. The molecular weight excluding hydrogens is 488 g/mol. The van der Waals surface area contributed by atoms with Gasteiger partial charge in [-0.2, -0.15) is 5.26 Å². The van der Waals surface area contributed by atoms with Gasteiger partial charge < -0.3 is 4.90 Å². The Kier molecular flexibility index (Phi) is 10.2. The lowest BCUT2D eigenvalue weighted by molar-refractivity contribution is -0.122. The summed E-state index contributed by atoms with van der Waals surface area (Å²) in [6.45, 7) is 13.4. The first-order valence-corrected chi connectivity index (χ1v) is 14.6. The number of nitriles is 1. The molecule has 8 heteroatoms. The van der Waals surface area contributed by atoms with Gasteiger partial charge in [-0.3, -0.25) is 19.1 Å². The van der Waals surface area contributed by atoms with Crippen molar-refractivity contribution in [3.05, 3.63) is 31.9 Å². The molecule has 0 radical (unpaired) electrons. The van der Waals surface area contributed by atoms with Crippen molar-refractivity contribution in [2.24, 2.45) is 11.8 Å². The fourth-order valence-electron chi connectivity index (χ4n) is 5.45. The van der Waals surface area contributed by atoms with Crippen LogP contribution in [0.25, 0.3) is 6.08 Å². The molecule has 2 aliphatic rings. The maximum atomic E-state index is 13.4. The first-order valence-electron chi connectivity index (χ1n) is 13.4. The van der Waals surface area contributed by atoms with Crippen molar-refractivity contribution in [2.45, 2.75) is 86.1 Å². The number of unbranched alkanes of at least 4 members (excludes halogenated alkanes) is 4. The van der Waals surface area contributed by atoms with E-state index in [1.54, 1.807) is 9.47 Å². The standard InChI is InChI=1S/C28H40N4O2S2/c1-6-8-9-10-11-13-32-27(34)24(36-28(32)35)15-22-21(5)23(16-29)26(33)31(12-7-2)25(22)30-17-19(3)14-20(4)18-30/h15,19-20H,6-14,17-18H2,1-5H3/b24-15+. The quantitative estimate of drug-likeness (QED) is 0.208. The first-order chi connectivity index (χ1) is 17.2. The fraction of sp³-hybridized carbons (Fsp3) is 0.643. The van der Waals surface area contributed by atoms with Crippen molar-refractivity contribution in [1.29, 1.82) is 5.26 Å². The number of thiocarbonyl (C=S) groups is 1. The summed E-state index contributed by atoms with van der Waals surface area (Å²) in [4.78, 5) is 31.3. The lowest BCUT2D eigenvalue weighted by Crippen LogP contribution is -2.43. The average Bonchev–Trinajstić information content (AvgIpc) is 3.09. The Bertz CT molecular complexity index is 1110. The van der Waals surface area contributed by atoms with Crippen molar-refractivity contribution >= 4 is 46.1 Å². The van der Waals surface area contributed by atoms with Crippen LogP contribution in [0.4, 0.5) is 5.82 Å². The van der Waals surface area contributed by atoms with E-state index in [0.717, 1.165) is 50.2 Å². The fourth-order valence-corrected chi connectivity index (χ4v) is 6.74. The number of hydrogen-bond acceptors (Lipinski definition) is 6. The summed E-state index contributed by atoms with van der Waals surface area (Å²) in [5.41, 5.74) is 1.35. The Labute approximate surface area is 225 Å². The van der Waals surface area contributed by atoms with Gasteiger partial charge in [-0.05, 0) is 49.7 Å². The molecular formula is C28H40N4O2S2. The summed E-state index contributed by atoms with van der Waals surface area (Å²) in [6, 6.07) is 2.14. The number of piperidine rings is 1. The van der Waals surface area contributed by atoms with Crippen molar-refractivity contribution in [3.63, 3.8) is 0 Å². The highest BCUT2D eigenvalue weighted by Gasteiger charge is 2.33. The van der Waals surface area contributed by atoms with Crippen LogP contribution < -0.4 is 10.5 Å². The Morgan fingerprint density at radius 2 is 1.72 bits per heavy atom. The Morgan fingerprint density at radius 3 is 2.33 bits per heavy atom. The molecule has 6 nitrogen and oxygen atoms in total. The van der Waals surface area contributed by atoms with E-state index in [0.29, 0.717) is 39.7 Å². The van der Waals surface area contributed by atoms with Gasteiger partial charge in [0.05, 0.1) is 4.91 Å². The predicted octanol–water partition coefficient (Wildman–Crippen LogP) is 6.09. The largest absolute Gasteiger partial charge is 0.357 e. The van der Waals surface area contributed by atoms with E-state index >= 15 is 0 Å². The summed E-state index contributed by atoms with van der Waals surface area (Å²) in [7, 11) is 0. The molecule has 0 spiro atoms. The molecule has 0 N–H and O–H groups in total. The summed E-state index contributed by atoms with van der Waals surface area (Å²) in [6.07, 6.45) is 9.41. The van der Waals surface area contributed by atoms with Gasteiger partial charge in [-0.15, -0.1) is 0 Å². The van der Waals surface area contributed by atoms with Crippen LogP contribution in [-0.2, 0) is 11.3 Å². The number of aromatic nitrogens is 1. The number of anilines is 1. The van der Waals surface area contributed by atoms with Gasteiger partial charge >= 0.3 is 0 Å². The number of thioether (sulfide) groups is 1. The minimum atomic E-state index is -0.241. The number of carbonyl (C=O) groups is 1. The molecule has 2 aliphatic heterocycles. The van der Waals surface area contributed by atoms with E-state index in [2.05, 4.69) is 31.7 Å². The molecule has 0 aliphatic carbocycles. The first kappa shape index (κ1) is 28.5. The number of rotatable bonds is 10. The normalized spacial score (nSPS) is 21.5. The molecule has 3 rings (SSSR count). The van der Waals surface area contributed by atoms with E-state index in [9.17, 15) is 14.9 Å². The minimum absolute atomic E-state index is 0.0713. The highest BCUT2D eigenvalue weighted by atomic mass is 32.2. The lowest BCUT2D eigenvalue weighted by Gasteiger charge is -2.39. The van der Waals surface area contributed by atoms with Gasteiger partial charge in [0.25, 0.3) is 11.5 Å². The van der Waals surface area contributed by atoms with Crippen LogP contribution in [0, 0.1) is 30.1 Å². The molecule has 0 saturated carbocycles. The van der Waals surface area contributed by atoms with Gasteiger partial charge in [0.15, 0.2) is 0 Å². The zero-order valence-corrected chi connectivity index (χ0v) is 24.1. The summed E-state index contributed by atoms with van der Waals surface area (Å²) >= 11 is 6.91.